The number of benzene rings is 1. The van der Waals surface area contributed by atoms with Crippen molar-refractivity contribution in [1.82, 2.24) is 4.90 Å². The standard InChI is InChI=1S/C13H16ClNO2/c1-9-6-7-15(12(9)13(16)17)8-10-4-2-3-5-11(10)14/h2-5,9,12H,6-8H2,1H3,(H,16,17). The fourth-order valence-corrected chi connectivity index (χ4v) is 2.64. The molecule has 1 aliphatic rings. The van der Waals surface area contributed by atoms with Gasteiger partial charge < -0.3 is 5.11 Å². The molecule has 2 unspecified atom stereocenters. The lowest BCUT2D eigenvalue weighted by molar-refractivity contribution is -0.143. The van der Waals surface area contributed by atoms with E-state index < -0.39 is 5.97 Å². The Morgan fingerprint density at radius 3 is 2.88 bits per heavy atom. The predicted octanol–water partition coefficient (Wildman–Crippen LogP) is 2.63. The normalized spacial score (nSPS) is 25.1. The zero-order chi connectivity index (χ0) is 12.4. The minimum Gasteiger partial charge on any atom is -0.480 e. The quantitative estimate of drug-likeness (QED) is 0.900. The van der Waals surface area contributed by atoms with Crippen LogP contribution in [0.4, 0.5) is 0 Å². The summed E-state index contributed by atoms with van der Waals surface area (Å²) in [6.45, 7) is 3.43. The number of carboxylic acid groups (broad SMARTS) is 1. The van der Waals surface area contributed by atoms with Crippen LogP contribution in [0.25, 0.3) is 0 Å². The van der Waals surface area contributed by atoms with E-state index in [1.165, 1.54) is 0 Å². The van der Waals surface area contributed by atoms with Gasteiger partial charge in [0, 0.05) is 11.6 Å². The lowest BCUT2D eigenvalue weighted by Gasteiger charge is -2.23. The van der Waals surface area contributed by atoms with Gasteiger partial charge >= 0.3 is 5.97 Å². The average Bonchev–Trinajstić information content (AvgIpc) is 2.63. The van der Waals surface area contributed by atoms with E-state index in [1.807, 2.05) is 36.1 Å². The molecule has 4 heteroatoms. The summed E-state index contributed by atoms with van der Waals surface area (Å²) in [5.41, 5.74) is 0.995. The first-order chi connectivity index (χ1) is 8.09. The second-order valence-corrected chi connectivity index (χ2v) is 5.02. The lowest BCUT2D eigenvalue weighted by Crippen LogP contribution is -2.38. The number of hydrogen-bond acceptors (Lipinski definition) is 2. The largest absolute Gasteiger partial charge is 0.480 e. The van der Waals surface area contributed by atoms with E-state index in [4.69, 9.17) is 11.6 Å². The summed E-state index contributed by atoms with van der Waals surface area (Å²) in [6, 6.07) is 7.21. The zero-order valence-electron chi connectivity index (χ0n) is 9.77. The molecule has 0 radical (unpaired) electrons. The van der Waals surface area contributed by atoms with Crippen molar-refractivity contribution in [2.45, 2.75) is 25.9 Å². The van der Waals surface area contributed by atoms with Crippen LogP contribution >= 0.6 is 11.6 Å². The predicted molar refractivity (Wildman–Crippen MR) is 67.1 cm³/mol. The van der Waals surface area contributed by atoms with Crippen molar-refractivity contribution in [3.8, 4) is 0 Å². The van der Waals surface area contributed by atoms with Crippen LogP contribution in [0.2, 0.25) is 5.02 Å². The topological polar surface area (TPSA) is 40.5 Å². The van der Waals surface area contributed by atoms with Gasteiger partial charge in [-0.25, -0.2) is 0 Å². The molecule has 1 heterocycles. The first-order valence-corrected chi connectivity index (χ1v) is 6.17. The van der Waals surface area contributed by atoms with Crippen molar-refractivity contribution in [1.29, 1.82) is 0 Å². The van der Waals surface area contributed by atoms with Crippen LogP contribution in [0.1, 0.15) is 18.9 Å². The first kappa shape index (κ1) is 12.4. The zero-order valence-corrected chi connectivity index (χ0v) is 10.5. The summed E-state index contributed by atoms with van der Waals surface area (Å²) in [4.78, 5) is 13.2. The molecular formula is C13H16ClNO2. The van der Waals surface area contributed by atoms with Crippen LogP contribution in [0, 0.1) is 5.92 Å². The third kappa shape index (κ3) is 2.61. The minimum atomic E-state index is -0.734. The highest BCUT2D eigenvalue weighted by molar-refractivity contribution is 6.31. The molecular weight excluding hydrogens is 238 g/mol. The fraction of sp³-hybridized carbons (Fsp3) is 0.462. The van der Waals surface area contributed by atoms with Crippen molar-refractivity contribution < 1.29 is 9.90 Å². The van der Waals surface area contributed by atoms with E-state index in [9.17, 15) is 9.90 Å². The van der Waals surface area contributed by atoms with Gasteiger partial charge in [-0.05, 0) is 30.5 Å². The van der Waals surface area contributed by atoms with Crippen molar-refractivity contribution in [3.63, 3.8) is 0 Å². The van der Waals surface area contributed by atoms with Crippen LogP contribution in [0.3, 0.4) is 0 Å². The Balaban J connectivity index is 2.14. The van der Waals surface area contributed by atoms with Crippen LogP contribution in [0.5, 0.6) is 0 Å². The average molecular weight is 254 g/mol. The molecule has 1 fully saturated rings. The Labute approximate surface area is 106 Å². The van der Waals surface area contributed by atoms with Gasteiger partial charge in [0.1, 0.15) is 6.04 Å². The van der Waals surface area contributed by atoms with Crippen molar-refractivity contribution >= 4 is 17.6 Å². The Kier molecular flexibility index (Phi) is 3.69. The van der Waals surface area contributed by atoms with E-state index in [0.29, 0.717) is 11.6 Å². The van der Waals surface area contributed by atoms with Gasteiger partial charge in [-0.1, -0.05) is 36.7 Å². The third-order valence-corrected chi connectivity index (χ3v) is 3.76. The van der Waals surface area contributed by atoms with E-state index >= 15 is 0 Å². The minimum absolute atomic E-state index is 0.204. The van der Waals surface area contributed by atoms with Gasteiger partial charge in [-0.2, -0.15) is 0 Å². The molecule has 2 rings (SSSR count). The Bertz CT molecular complexity index is 422. The molecule has 1 aromatic rings. The van der Waals surface area contributed by atoms with Crippen LogP contribution < -0.4 is 0 Å². The molecule has 17 heavy (non-hydrogen) atoms. The van der Waals surface area contributed by atoms with Crippen molar-refractivity contribution in [2.75, 3.05) is 6.54 Å². The van der Waals surface area contributed by atoms with Crippen molar-refractivity contribution in [3.05, 3.63) is 34.9 Å². The molecule has 0 aromatic heterocycles. The number of carbonyl (C=O) groups is 1. The van der Waals surface area contributed by atoms with Gasteiger partial charge in [-0.15, -0.1) is 0 Å². The van der Waals surface area contributed by atoms with Gasteiger partial charge in [0.05, 0.1) is 0 Å². The Hall–Kier alpha value is -1.06. The number of halogens is 1. The molecule has 1 aromatic carbocycles. The second kappa shape index (κ2) is 5.07. The Morgan fingerprint density at radius 2 is 2.24 bits per heavy atom. The lowest BCUT2D eigenvalue weighted by atomic mass is 10.0. The van der Waals surface area contributed by atoms with E-state index in [-0.39, 0.29) is 12.0 Å². The number of aliphatic carboxylic acids is 1. The van der Waals surface area contributed by atoms with E-state index in [1.54, 1.807) is 0 Å². The molecule has 0 aliphatic carbocycles. The number of hydrogen-bond donors (Lipinski definition) is 1. The summed E-state index contributed by atoms with van der Waals surface area (Å²) in [5.74, 6) is -0.531. The number of likely N-dealkylation sites (tertiary alicyclic amines) is 1. The summed E-state index contributed by atoms with van der Waals surface area (Å²) in [7, 11) is 0. The highest BCUT2D eigenvalue weighted by Crippen LogP contribution is 2.27. The molecule has 2 atom stereocenters. The molecule has 1 aliphatic heterocycles. The number of rotatable bonds is 3. The van der Waals surface area contributed by atoms with Crippen LogP contribution in [0.15, 0.2) is 24.3 Å². The van der Waals surface area contributed by atoms with Gasteiger partial charge in [-0.3, -0.25) is 9.69 Å². The highest BCUT2D eigenvalue weighted by Gasteiger charge is 2.36. The molecule has 0 saturated carbocycles. The van der Waals surface area contributed by atoms with Gasteiger partial charge in [0.25, 0.3) is 0 Å². The molecule has 0 amide bonds. The highest BCUT2D eigenvalue weighted by atomic mass is 35.5. The Morgan fingerprint density at radius 1 is 1.53 bits per heavy atom. The fourth-order valence-electron chi connectivity index (χ4n) is 2.45. The maximum atomic E-state index is 11.2. The SMILES string of the molecule is CC1CCN(Cc2ccccc2Cl)C1C(=O)O. The second-order valence-electron chi connectivity index (χ2n) is 4.61. The molecule has 3 nitrogen and oxygen atoms in total. The van der Waals surface area contributed by atoms with Crippen molar-refractivity contribution in [2.24, 2.45) is 5.92 Å². The van der Waals surface area contributed by atoms with Gasteiger partial charge in [0.2, 0.25) is 0 Å². The third-order valence-electron chi connectivity index (χ3n) is 3.39. The smallest absolute Gasteiger partial charge is 0.321 e. The molecule has 0 bridgehead atoms. The summed E-state index contributed by atoms with van der Waals surface area (Å²) >= 11 is 6.09. The monoisotopic (exact) mass is 253 g/mol. The van der Waals surface area contributed by atoms with E-state index in [0.717, 1.165) is 18.5 Å². The van der Waals surface area contributed by atoms with Crippen LogP contribution in [-0.4, -0.2) is 28.6 Å². The summed E-state index contributed by atoms with van der Waals surface area (Å²) < 4.78 is 0. The maximum absolute atomic E-state index is 11.2. The number of carboxylic acids is 1. The number of nitrogens with zero attached hydrogens (tertiary/aromatic N) is 1. The summed E-state index contributed by atoms with van der Waals surface area (Å²) in [6.07, 6.45) is 0.932. The molecule has 1 N–H and O–H groups in total. The molecule has 0 spiro atoms. The first-order valence-electron chi connectivity index (χ1n) is 5.80. The van der Waals surface area contributed by atoms with E-state index in [2.05, 4.69) is 0 Å². The van der Waals surface area contributed by atoms with Crippen LogP contribution in [-0.2, 0) is 11.3 Å². The molecule has 92 valence electrons. The van der Waals surface area contributed by atoms with Gasteiger partial charge in [0.15, 0.2) is 0 Å². The maximum Gasteiger partial charge on any atom is 0.321 e. The molecule has 1 saturated heterocycles. The summed E-state index contributed by atoms with van der Waals surface area (Å²) in [5, 5.41) is 9.93.